The Bertz CT molecular complexity index is 690. The minimum absolute atomic E-state index is 0.0728. The van der Waals surface area contributed by atoms with Gasteiger partial charge in [-0.2, -0.15) is 5.26 Å². The van der Waals surface area contributed by atoms with Gasteiger partial charge in [0.25, 0.3) is 0 Å². The molecule has 1 aliphatic rings. The average molecular weight is 342 g/mol. The van der Waals surface area contributed by atoms with Gasteiger partial charge in [-0.05, 0) is 45.7 Å². The molecule has 1 amide bonds. The average Bonchev–Trinajstić information content (AvgIpc) is 3.14. The summed E-state index contributed by atoms with van der Waals surface area (Å²) in [6.45, 7) is 13.7. The van der Waals surface area contributed by atoms with Gasteiger partial charge in [-0.3, -0.25) is 9.69 Å². The van der Waals surface area contributed by atoms with E-state index in [1.165, 1.54) is 12.8 Å². The summed E-state index contributed by atoms with van der Waals surface area (Å²) in [6.07, 6.45) is 4.64. The second-order valence-corrected chi connectivity index (χ2v) is 7.16. The van der Waals surface area contributed by atoms with Crippen molar-refractivity contribution in [1.29, 1.82) is 5.26 Å². The standard InChI is InChI=1S/C20H30N4O/c1-6-23(12-14(2)3)13-19(25)22-20-18(11-21)15(4)16(5)24(20)17-9-7-8-10-17/h17H,2,6-10,12-13H2,1,3-5H3,(H,22,25). The van der Waals surface area contributed by atoms with Gasteiger partial charge >= 0.3 is 0 Å². The lowest BCUT2D eigenvalue weighted by Crippen LogP contribution is -2.34. The van der Waals surface area contributed by atoms with Gasteiger partial charge in [-0.15, -0.1) is 0 Å². The summed E-state index contributed by atoms with van der Waals surface area (Å²) < 4.78 is 2.19. The number of nitrogens with one attached hydrogen (secondary N) is 1. The van der Waals surface area contributed by atoms with Gasteiger partial charge in [0.2, 0.25) is 5.91 Å². The molecular weight excluding hydrogens is 312 g/mol. The van der Waals surface area contributed by atoms with Crippen molar-refractivity contribution in [2.24, 2.45) is 0 Å². The molecule has 25 heavy (non-hydrogen) atoms. The monoisotopic (exact) mass is 342 g/mol. The predicted octanol–water partition coefficient (Wildman–Crippen LogP) is 3.93. The number of likely N-dealkylation sites (N-methyl/N-ethyl adjacent to an activating group) is 1. The van der Waals surface area contributed by atoms with Crippen LogP contribution in [0.4, 0.5) is 5.82 Å². The number of amides is 1. The fourth-order valence-electron chi connectivity index (χ4n) is 3.74. The van der Waals surface area contributed by atoms with Gasteiger partial charge in [-0.25, -0.2) is 0 Å². The van der Waals surface area contributed by atoms with Crippen LogP contribution in [0, 0.1) is 25.2 Å². The van der Waals surface area contributed by atoms with Crippen LogP contribution in [-0.2, 0) is 4.79 Å². The van der Waals surface area contributed by atoms with Crippen LogP contribution in [0.3, 0.4) is 0 Å². The Morgan fingerprint density at radius 2 is 2.00 bits per heavy atom. The quantitative estimate of drug-likeness (QED) is 0.764. The summed E-state index contributed by atoms with van der Waals surface area (Å²) in [5.41, 5.74) is 3.70. The van der Waals surface area contributed by atoms with Crippen molar-refractivity contribution in [2.75, 3.05) is 25.0 Å². The number of carbonyl (C=O) groups excluding carboxylic acids is 1. The van der Waals surface area contributed by atoms with E-state index in [9.17, 15) is 10.1 Å². The molecule has 5 nitrogen and oxygen atoms in total. The smallest absolute Gasteiger partial charge is 0.239 e. The highest BCUT2D eigenvalue weighted by atomic mass is 16.2. The van der Waals surface area contributed by atoms with E-state index < -0.39 is 0 Å². The Morgan fingerprint density at radius 3 is 2.52 bits per heavy atom. The van der Waals surface area contributed by atoms with Crippen molar-refractivity contribution < 1.29 is 4.79 Å². The zero-order valence-corrected chi connectivity index (χ0v) is 16.0. The maximum Gasteiger partial charge on any atom is 0.239 e. The van der Waals surface area contributed by atoms with Crippen LogP contribution in [0.15, 0.2) is 12.2 Å². The number of hydrogen-bond acceptors (Lipinski definition) is 3. The number of anilines is 1. The fourth-order valence-corrected chi connectivity index (χ4v) is 3.74. The highest BCUT2D eigenvalue weighted by Gasteiger charge is 2.26. The van der Waals surface area contributed by atoms with E-state index in [0.717, 1.165) is 36.2 Å². The second-order valence-electron chi connectivity index (χ2n) is 7.16. The zero-order valence-electron chi connectivity index (χ0n) is 16.0. The lowest BCUT2D eigenvalue weighted by Gasteiger charge is -2.22. The third kappa shape index (κ3) is 4.32. The molecule has 2 rings (SSSR count). The maximum atomic E-state index is 12.6. The Labute approximate surface area is 151 Å². The normalized spacial score (nSPS) is 14.7. The van der Waals surface area contributed by atoms with Gasteiger partial charge < -0.3 is 9.88 Å². The maximum absolute atomic E-state index is 12.6. The number of rotatable bonds is 7. The van der Waals surface area contributed by atoms with E-state index in [1.807, 2.05) is 32.6 Å². The molecule has 1 fully saturated rings. The lowest BCUT2D eigenvalue weighted by molar-refractivity contribution is -0.117. The molecule has 0 saturated heterocycles. The molecule has 0 bridgehead atoms. The first-order chi connectivity index (χ1) is 11.9. The first-order valence-electron chi connectivity index (χ1n) is 9.17. The molecule has 0 spiro atoms. The van der Waals surface area contributed by atoms with Crippen LogP contribution < -0.4 is 5.32 Å². The van der Waals surface area contributed by atoms with Crippen molar-refractivity contribution in [1.82, 2.24) is 9.47 Å². The van der Waals surface area contributed by atoms with E-state index in [4.69, 9.17) is 0 Å². The molecule has 1 aromatic rings. The van der Waals surface area contributed by atoms with E-state index in [2.05, 4.69) is 22.5 Å². The Kier molecular flexibility index (Phi) is 6.44. The molecule has 1 heterocycles. The van der Waals surface area contributed by atoms with E-state index >= 15 is 0 Å². The van der Waals surface area contributed by atoms with E-state index in [-0.39, 0.29) is 5.91 Å². The summed E-state index contributed by atoms with van der Waals surface area (Å²) in [6, 6.07) is 2.67. The van der Waals surface area contributed by atoms with E-state index in [1.54, 1.807) is 0 Å². The van der Waals surface area contributed by atoms with Crippen LogP contribution >= 0.6 is 0 Å². The molecule has 0 unspecified atom stereocenters. The van der Waals surface area contributed by atoms with Crippen LogP contribution in [0.1, 0.15) is 62.4 Å². The molecule has 136 valence electrons. The highest BCUT2D eigenvalue weighted by molar-refractivity contribution is 5.93. The van der Waals surface area contributed by atoms with Gasteiger partial charge in [0, 0.05) is 18.3 Å². The third-order valence-electron chi connectivity index (χ3n) is 5.12. The van der Waals surface area contributed by atoms with Crippen LogP contribution in [0.2, 0.25) is 0 Å². The second kappa shape index (κ2) is 8.35. The minimum Gasteiger partial charge on any atom is -0.327 e. The van der Waals surface area contributed by atoms with Crippen molar-refractivity contribution in [3.05, 3.63) is 29.0 Å². The molecule has 0 aliphatic heterocycles. The largest absolute Gasteiger partial charge is 0.327 e. The molecule has 1 aliphatic carbocycles. The molecule has 1 aromatic heterocycles. The minimum atomic E-state index is -0.0728. The Morgan fingerprint density at radius 1 is 1.36 bits per heavy atom. The summed E-state index contributed by atoms with van der Waals surface area (Å²) in [5, 5.41) is 12.6. The van der Waals surface area contributed by atoms with Crippen LogP contribution in [-0.4, -0.2) is 35.0 Å². The van der Waals surface area contributed by atoms with E-state index in [0.29, 0.717) is 30.5 Å². The molecule has 0 aromatic carbocycles. The summed E-state index contributed by atoms with van der Waals surface area (Å²) in [5.74, 6) is 0.608. The number of nitriles is 1. The Hall–Kier alpha value is -2.06. The third-order valence-corrected chi connectivity index (χ3v) is 5.12. The van der Waals surface area contributed by atoms with Gasteiger partial charge in [0.15, 0.2) is 0 Å². The number of carbonyl (C=O) groups is 1. The summed E-state index contributed by atoms with van der Waals surface area (Å²) in [7, 11) is 0. The van der Waals surface area contributed by atoms with Crippen LogP contribution in [0.5, 0.6) is 0 Å². The lowest BCUT2D eigenvalue weighted by atomic mass is 10.2. The van der Waals surface area contributed by atoms with Gasteiger partial charge in [0.1, 0.15) is 11.9 Å². The first-order valence-corrected chi connectivity index (χ1v) is 9.17. The highest BCUT2D eigenvalue weighted by Crippen LogP contribution is 2.37. The summed E-state index contributed by atoms with van der Waals surface area (Å²) in [4.78, 5) is 14.7. The molecule has 0 atom stereocenters. The van der Waals surface area contributed by atoms with Crippen molar-refractivity contribution in [3.8, 4) is 6.07 Å². The molecule has 1 saturated carbocycles. The van der Waals surface area contributed by atoms with Gasteiger partial charge in [0.05, 0.1) is 12.1 Å². The number of aromatic nitrogens is 1. The molecule has 1 N–H and O–H groups in total. The first kappa shape index (κ1) is 19.3. The van der Waals surface area contributed by atoms with Crippen molar-refractivity contribution in [3.63, 3.8) is 0 Å². The van der Waals surface area contributed by atoms with Crippen molar-refractivity contribution >= 4 is 11.7 Å². The predicted molar refractivity (Wildman–Crippen MR) is 102 cm³/mol. The summed E-state index contributed by atoms with van der Waals surface area (Å²) >= 11 is 0. The number of hydrogen-bond donors (Lipinski definition) is 1. The fraction of sp³-hybridized carbons (Fsp3) is 0.600. The van der Waals surface area contributed by atoms with Gasteiger partial charge in [-0.1, -0.05) is 31.9 Å². The number of nitrogens with zero attached hydrogens (tertiary/aromatic N) is 3. The molecule has 0 radical (unpaired) electrons. The topological polar surface area (TPSA) is 61.1 Å². The zero-order chi connectivity index (χ0) is 18.6. The molecular formula is C20H30N4O. The van der Waals surface area contributed by atoms with Crippen LogP contribution in [0.25, 0.3) is 0 Å². The Balaban J connectivity index is 2.25. The van der Waals surface area contributed by atoms with Crippen molar-refractivity contribution in [2.45, 2.75) is 59.4 Å². The molecule has 5 heteroatoms. The SMILES string of the molecule is C=C(C)CN(CC)CC(=O)Nc1c(C#N)c(C)c(C)n1C1CCCC1.